The van der Waals surface area contributed by atoms with Crippen LogP contribution < -0.4 is 0 Å². The van der Waals surface area contributed by atoms with E-state index in [0.29, 0.717) is 0 Å². The molecule has 0 saturated heterocycles. The van der Waals surface area contributed by atoms with Crippen LogP contribution >= 0.6 is 0 Å². The molecule has 0 N–H and O–H groups in total. The van der Waals surface area contributed by atoms with Crippen molar-refractivity contribution in [2.75, 3.05) is 13.6 Å². The summed E-state index contributed by atoms with van der Waals surface area (Å²) in [5, 5.41) is 2.58. The first-order valence-electron chi connectivity index (χ1n) is 19.2. The Bertz CT molecular complexity index is 2260. The smallest absolute Gasteiger partial charge is 0.0440 e. The fourth-order valence-electron chi connectivity index (χ4n) is 8.90. The molecule has 1 heteroatoms. The van der Waals surface area contributed by atoms with Gasteiger partial charge in [-0.15, -0.1) is 0 Å². The molecule has 0 spiro atoms. The van der Waals surface area contributed by atoms with Gasteiger partial charge in [0.1, 0.15) is 0 Å². The zero-order chi connectivity index (χ0) is 34.1. The molecule has 5 aromatic carbocycles. The maximum Gasteiger partial charge on any atom is 0.0440 e. The quantitative estimate of drug-likeness (QED) is 0.175. The van der Waals surface area contributed by atoms with Crippen LogP contribution in [0.3, 0.4) is 0 Å². The number of rotatable bonds is 6. The fraction of sp³-hybridized carbons (Fsp3) is 0.240. The van der Waals surface area contributed by atoms with Crippen LogP contribution in [0.1, 0.15) is 79.2 Å². The molecule has 252 valence electrons. The Kier molecular flexibility index (Phi) is 8.66. The van der Waals surface area contributed by atoms with Crippen molar-refractivity contribution in [3.8, 4) is 22.3 Å². The summed E-state index contributed by atoms with van der Waals surface area (Å²) in [6.07, 6.45) is 25.7. The normalized spacial score (nSPS) is 17.8. The number of hydrogen-bond acceptors (Lipinski definition) is 1. The standard InChI is InChI=1S/C50H47N/c1-51-34-46(45-26-24-37-12-6-8-14-43(37)30-45)27-28-50(51)49-32-47(40-19-15-38(16-20-40)35-9-3-2-4-10-35)31-48(33-49)41-21-17-39(18-22-41)44-25-23-36-11-5-7-13-42(36)29-44/h5-6,8,11-12,14-15,17-19,21-33,35H,2-4,7,9-10,13,16,20,34H2,1H3. The summed E-state index contributed by atoms with van der Waals surface area (Å²) in [5.41, 5.74) is 17.7. The van der Waals surface area contributed by atoms with Crippen molar-refractivity contribution in [3.63, 3.8) is 0 Å². The van der Waals surface area contributed by atoms with Gasteiger partial charge >= 0.3 is 0 Å². The van der Waals surface area contributed by atoms with E-state index in [2.05, 4.69) is 152 Å². The van der Waals surface area contributed by atoms with Gasteiger partial charge < -0.3 is 4.90 Å². The number of fused-ring (bicyclic) bond motifs is 2. The monoisotopic (exact) mass is 661 g/mol. The number of hydrogen-bond donors (Lipinski definition) is 0. The van der Waals surface area contributed by atoms with Gasteiger partial charge in [0, 0.05) is 19.3 Å². The third-order valence-corrected chi connectivity index (χ3v) is 11.9. The Morgan fingerprint density at radius 1 is 0.529 bits per heavy atom. The van der Waals surface area contributed by atoms with Crippen molar-refractivity contribution in [1.29, 1.82) is 0 Å². The van der Waals surface area contributed by atoms with Crippen LogP contribution in [0.2, 0.25) is 0 Å². The van der Waals surface area contributed by atoms with Crippen molar-refractivity contribution in [2.24, 2.45) is 5.92 Å². The second-order valence-corrected chi connectivity index (χ2v) is 15.2. The second-order valence-electron chi connectivity index (χ2n) is 15.2. The Labute approximate surface area is 304 Å². The average Bonchev–Trinajstić information content (AvgIpc) is 3.20. The van der Waals surface area contributed by atoms with Gasteiger partial charge in [-0.1, -0.05) is 134 Å². The average molecular weight is 662 g/mol. The highest BCUT2D eigenvalue weighted by Crippen LogP contribution is 2.39. The van der Waals surface area contributed by atoms with E-state index < -0.39 is 0 Å². The minimum atomic E-state index is 0.799. The van der Waals surface area contributed by atoms with E-state index in [0.717, 1.165) is 31.7 Å². The zero-order valence-corrected chi connectivity index (χ0v) is 29.9. The first kappa shape index (κ1) is 31.8. The molecule has 4 aliphatic rings. The zero-order valence-electron chi connectivity index (χ0n) is 29.9. The molecule has 0 radical (unpaired) electrons. The Hall–Kier alpha value is -5.14. The third kappa shape index (κ3) is 6.59. The van der Waals surface area contributed by atoms with E-state index in [1.807, 2.05) is 0 Å². The molecule has 1 fully saturated rings. The predicted octanol–water partition coefficient (Wildman–Crippen LogP) is 13.2. The van der Waals surface area contributed by atoms with Gasteiger partial charge in [0.05, 0.1) is 0 Å². The van der Waals surface area contributed by atoms with Gasteiger partial charge in [0.15, 0.2) is 0 Å². The lowest BCUT2D eigenvalue weighted by molar-refractivity contribution is 0.395. The van der Waals surface area contributed by atoms with E-state index in [1.165, 1.54) is 116 Å². The van der Waals surface area contributed by atoms with Gasteiger partial charge in [-0.05, 0) is 147 Å². The second kappa shape index (κ2) is 13.9. The molecule has 0 bridgehead atoms. The Morgan fingerprint density at radius 3 is 2.06 bits per heavy atom. The number of allylic oxidation sites excluding steroid dienone is 7. The van der Waals surface area contributed by atoms with Crippen molar-refractivity contribution >= 4 is 33.7 Å². The first-order valence-corrected chi connectivity index (χ1v) is 19.2. The minimum Gasteiger partial charge on any atom is -0.370 e. The molecule has 1 saturated carbocycles. The highest BCUT2D eigenvalue weighted by Gasteiger charge is 2.22. The SMILES string of the molecule is CN1CC(c2ccc3ccccc3c2)=CC=C1c1cc(C2=CC=C(C3CCCCC3)CC2)cc(-c2ccc(-c3ccc4c(c3)CCC=C4)cc2)c1. The number of nitrogens with zero attached hydrogens (tertiary/aromatic N) is 1. The summed E-state index contributed by atoms with van der Waals surface area (Å²) >= 11 is 0. The Morgan fingerprint density at radius 2 is 1.25 bits per heavy atom. The largest absolute Gasteiger partial charge is 0.370 e. The van der Waals surface area contributed by atoms with Gasteiger partial charge in [-0.25, -0.2) is 0 Å². The number of aryl methyl sites for hydroxylation is 1. The van der Waals surface area contributed by atoms with Gasteiger partial charge in [-0.2, -0.15) is 0 Å². The topological polar surface area (TPSA) is 3.24 Å². The maximum atomic E-state index is 2.48. The lowest BCUT2D eigenvalue weighted by Gasteiger charge is -2.29. The van der Waals surface area contributed by atoms with Gasteiger partial charge in [0.25, 0.3) is 0 Å². The number of benzene rings is 5. The van der Waals surface area contributed by atoms with E-state index in [4.69, 9.17) is 0 Å². The molecule has 9 rings (SSSR count). The van der Waals surface area contributed by atoms with Crippen LogP contribution in [0.4, 0.5) is 0 Å². The van der Waals surface area contributed by atoms with Gasteiger partial charge in [0.2, 0.25) is 0 Å². The minimum absolute atomic E-state index is 0.799. The predicted molar refractivity (Wildman–Crippen MR) is 219 cm³/mol. The number of likely N-dealkylation sites (N-methyl/N-ethyl adjacent to an activating group) is 1. The summed E-state index contributed by atoms with van der Waals surface area (Å²) in [6, 6.07) is 39.0. The van der Waals surface area contributed by atoms with Crippen LogP contribution in [0.15, 0.2) is 139 Å². The Balaban J connectivity index is 1.07. The summed E-state index contributed by atoms with van der Waals surface area (Å²) in [6.45, 7) is 0.880. The molecule has 1 nitrogen and oxygen atoms in total. The molecule has 0 aromatic heterocycles. The lowest BCUT2D eigenvalue weighted by Crippen LogP contribution is -2.22. The molecular weight excluding hydrogens is 615 g/mol. The third-order valence-electron chi connectivity index (χ3n) is 11.9. The van der Waals surface area contributed by atoms with Crippen LogP contribution in [0.25, 0.3) is 55.9 Å². The highest BCUT2D eigenvalue weighted by molar-refractivity contribution is 5.89. The van der Waals surface area contributed by atoms with E-state index in [9.17, 15) is 0 Å². The van der Waals surface area contributed by atoms with Crippen molar-refractivity contribution in [1.82, 2.24) is 4.90 Å². The molecule has 1 aliphatic heterocycles. The van der Waals surface area contributed by atoms with E-state index in [-0.39, 0.29) is 0 Å². The van der Waals surface area contributed by atoms with E-state index in [1.54, 1.807) is 5.57 Å². The fourth-order valence-corrected chi connectivity index (χ4v) is 8.90. The lowest BCUT2D eigenvalue weighted by atomic mass is 9.79. The van der Waals surface area contributed by atoms with E-state index >= 15 is 0 Å². The van der Waals surface area contributed by atoms with Crippen molar-refractivity contribution in [2.45, 2.75) is 57.8 Å². The van der Waals surface area contributed by atoms with Crippen LogP contribution in [-0.2, 0) is 6.42 Å². The molecule has 0 atom stereocenters. The molecule has 0 unspecified atom stereocenters. The highest BCUT2D eigenvalue weighted by atomic mass is 15.1. The van der Waals surface area contributed by atoms with Crippen molar-refractivity contribution < 1.29 is 0 Å². The first-order chi connectivity index (χ1) is 25.1. The molecule has 5 aromatic rings. The summed E-state index contributed by atoms with van der Waals surface area (Å²) in [7, 11) is 2.24. The molecule has 51 heavy (non-hydrogen) atoms. The summed E-state index contributed by atoms with van der Waals surface area (Å²) in [5.74, 6) is 0.799. The van der Waals surface area contributed by atoms with Crippen molar-refractivity contribution in [3.05, 3.63) is 167 Å². The molecular formula is C50H47N. The maximum absolute atomic E-state index is 2.48. The van der Waals surface area contributed by atoms with Crippen LogP contribution in [0.5, 0.6) is 0 Å². The molecule has 0 amide bonds. The van der Waals surface area contributed by atoms with Crippen LogP contribution in [0, 0.1) is 5.92 Å². The summed E-state index contributed by atoms with van der Waals surface area (Å²) < 4.78 is 0. The summed E-state index contributed by atoms with van der Waals surface area (Å²) in [4.78, 5) is 2.43. The van der Waals surface area contributed by atoms with Gasteiger partial charge in [-0.3, -0.25) is 0 Å². The van der Waals surface area contributed by atoms with Crippen LogP contribution in [-0.4, -0.2) is 18.5 Å². The molecule has 3 aliphatic carbocycles. The molecule has 1 heterocycles.